The molecule has 27 heavy (non-hydrogen) atoms. The average Bonchev–Trinajstić information content (AvgIpc) is 3.33. The molecule has 6 nitrogen and oxygen atoms in total. The van der Waals surface area contributed by atoms with Crippen LogP contribution in [0.2, 0.25) is 0 Å². The van der Waals surface area contributed by atoms with Crippen LogP contribution in [0.25, 0.3) is 16.7 Å². The fraction of sp³-hybridized carbons (Fsp3) is 0.200. The lowest BCUT2D eigenvalue weighted by Crippen LogP contribution is -2.22. The summed E-state index contributed by atoms with van der Waals surface area (Å²) >= 11 is 1.54. The molecule has 1 unspecified atom stereocenters. The third kappa shape index (κ3) is 3.21. The number of allylic oxidation sites excluding steroid dienone is 1. The number of nitrogens with zero attached hydrogens (tertiary/aromatic N) is 1. The molecule has 0 saturated carbocycles. The number of aliphatic hydroxyl groups excluding tert-OH is 1. The van der Waals surface area contributed by atoms with E-state index in [1.54, 1.807) is 26.1 Å². The summed E-state index contributed by atoms with van der Waals surface area (Å²) in [6, 6.07) is 7.31. The van der Waals surface area contributed by atoms with Crippen LogP contribution in [-0.2, 0) is 16.1 Å². The third-order valence-corrected chi connectivity index (χ3v) is 5.17. The Kier molecular flexibility index (Phi) is 4.45. The molecule has 0 fully saturated rings. The molecule has 0 bridgehead atoms. The fourth-order valence-electron chi connectivity index (χ4n) is 2.91. The first-order valence-corrected chi connectivity index (χ1v) is 9.23. The van der Waals surface area contributed by atoms with Gasteiger partial charge in [0, 0.05) is 28.1 Å². The first-order chi connectivity index (χ1) is 13.1. The molecule has 1 N–H and O–H groups in total. The zero-order valence-corrected chi connectivity index (χ0v) is 15.6. The maximum Gasteiger partial charge on any atom is 0.178 e. The Morgan fingerprint density at radius 2 is 2.19 bits per heavy atom. The number of fused-ring (bicyclic) bond motifs is 1. The molecule has 0 aliphatic carbocycles. The second kappa shape index (κ2) is 6.92. The van der Waals surface area contributed by atoms with Gasteiger partial charge in [0.15, 0.2) is 23.9 Å². The van der Waals surface area contributed by atoms with Gasteiger partial charge < -0.3 is 19.0 Å². The molecule has 7 heteroatoms. The highest BCUT2D eigenvalue weighted by Crippen LogP contribution is 2.36. The molecule has 3 aromatic rings. The minimum atomic E-state index is -0.825. The van der Waals surface area contributed by atoms with Gasteiger partial charge in [0.05, 0.1) is 0 Å². The molecule has 1 aliphatic rings. The van der Waals surface area contributed by atoms with Gasteiger partial charge in [0.1, 0.15) is 28.7 Å². The van der Waals surface area contributed by atoms with E-state index in [9.17, 15) is 9.90 Å². The average molecular weight is 383 g/mol. The van der Waals surface area contributed by atoms with Gasteiger partial charge in [0.2, 0.25) is 0 Å². The van der Waals surface area contributed by atoms with Gasteiger partial charge in [0.25, 0.3) is 0 Å². The van der Waals surface area contributed by atoms with Crippen LogP contribution < -0.4 is 4.74 Å². The SMILES string of the molecule is CC1=C(c2cc3cc(OCc4nccs4)ccc3o2)OC(C=O)C(C)=C1O. The third-order valence-electron chi connectivity index (χ3n) is 4.42. The van der Waals surface area contributed by atoms with Gasteiger partial charge in [-0.25, -0.2) is 4.98 Å². The monoisotopic (exact) mass is 383 g/mol. The summed E-state index contributed by atoms with van der Waals surface area (Å²) in [4.78, 5) is 15.4. The summed E-state index contributed by atoms with van der Waals surface area (Å²) in [6.45, 7) is 3.80. The number of hydrogen-bond acceptors (Lipinski definition) is 7. The van der Waals surface area contributed by atoms with Crippen molar-refractivity contribution >= 4 is 34.4 Å². The van der Waals surface area contributed by atoms with Crippen molar-refractivity contribution in [2.45, 2.75) is 26.6 Å². The quantitative estimate of drug-likeness (QED) is 0.647. The molecule has 0 spiro atoms. The maximum absolute atomic E-state index is 11.2. The Morgan fingerprint density at radius 1 is 1.33 bits per heavy atom. The molecule has 0 saturated heterocycles. The number of carbonyl (C=O) groups is 1. The lowest BCUT2D eigenvalue weighted by atomic mass is 10.0. The van der Waals surface area contributed by atoms with Crippen molar-refractivity contribution in [2.75, 3.05) is 0 Å². The fourth-order valence-corrected chi connectivity index (χ4v) is 3.43. The van der Waals surface area contributed by atoms with Crippen molar-refractivity contribution in [1.82, 2.24) is 4.98 Å². The predicted octanol–water partition coefficient (Wildman–Crippen LogP) is 4.63. The molecular formula is C20H17NO5S. The number of hydrogen-bond donors (Lipinski definition) is 1. The number of aldehydes is 1. The van der Waals surface area contributed by atoms with Crippen LogP contribution >= 0.6 is 11.3 Å². The van der Waals surface area contributed by atoms with Crippen LogP contribution in [0.3, 0.4) is 0 Å². The molecule has 4 rings (SSSR count). The number of aromatic nitrogens is 1. The second-order valence-corrected chi connectivity index (χ2v) is 7.16. The largest absolute Gasteiger partial charge is 0.507 e. The Morgan fingerprint density at radius 3 is 2.93 bits per heavy atom. The highest BCUT2D eigenvalue weighted by Gasteiger charge is 2.28. The molecule has 0 radical (unpaired) electrons. The molecule has 138 valence electrons. The Hall–Kier alpha value is -3.06. The Bertz CT molecular complexity index is 1060. The van der Waals surface area contributed by atoms with E-state index in [2.05, 4.69) is 4.98 Å². The highest BCUT2D eigenvalue weighted by molar-refractivity contribution is 7.09. The number of thiazole rings is 1. The van der Waals surface area contributed by atoms with Crippen molar-refractivity contribution in [3.05, 3.63) is 63.5 Å². The first-order valence-electron chi connectivity index (χ1n) is 8.35. The summed E-state index contributed by atoms with van der Waals surface area (Å²) in [5.41, 5.74) is 1.68. The van der Waals surface area contributed by atoms with Gasteiger partial charge in [-0.15, -0.1) is 11.3 Å². The van der Waals surface area contributed by atoms with E-state index in [0.29, 0.717) is 46.9 Å². The Balaban J connectivity index is 1.64. The van der Waals surface area contributed by atoms with Gasteiger partial charge >= 0.3 is 0 Å². The number of carbonyl (C=O) groups excluding carboxylic acids is 1. The molecule has 1 aliphatic heterocycles. The van der Waals surface area contributed by atoms with Crippen LogP contribution in [0.4, 0.5) is 0 Å². The van der Waals surface area contributed by atoms with E-state index in [1.807, 2.05) is 23.6 Å². The minimum absolute atomic E-state index is 0.0567. The van der Waals surface area contributed by atoms with Crippen LogP contribution in [0, 0.1) is 0 Å². The first kappa shape index (κ1) is 17.4. The minimum Gasteiger partial charge on any atom is -0.507 e. The normalized spacial score (nSPS) is 17.3. The smallest absolute Gasteiger partial charge is 0.178 e. The summed E-state index contributed by atoms with van der Waals surface area (Å²) in [6.07, 6.45) is 1.58. The van der Waals surface area contributed by atoms with Crippen LogP contribution in [-0.4, -0.2) is 22.5 Å². The number of aliphatic hydroxyl groups is 1. The van der Waals surface area contributed by atoms with Crippen molar-refractivity contribution in [1.29, 1.82) is 0 Å². The number of rotatable bonds is 5. The topological polar surface area (TPSA) is 81.8 Å². The van der Waals surface area contributed by atoms with E-state index < -0.39 is 6.10 Å². The van der Waals surface area contributed by atoms with E-state index in [1.165, 1.54) is 11.3 Å². The summed E-state index contributed by atoms with van der Waals surface area (Å²) < 4.78 is 17.4. The van der Waals surface area contributed by atoms with Crippen molar-refractivity contribution < 1.29 is 23.8 Å². The molecule has 1 aromatic carbocycles. The summed E-state index contributed by atoms with van der Waals surface area (Å²) in [7, 11) is 0. The van der Waals surface area contributed by atoms with Crippen molar-refractivity contribution in [3.63, 3.8) is 0 Å². The zero-order chi connectivity index (χ0) is 19.0. The van der Waals surface area contributed by atoms with Crippen molar-refractivity contribution in [2.24, 2.45) is 0 Å². The Labute approximate surface area is 159 Å². The lowest BCUT2D eigenvalue weighted by molar-refractivity contribution is -0.113. The molecular weight excluding hydrogens is 366 g/mol. The maximum atomic E-state index is 11.2. The van der Waals surface area contributed by atoms with E-state index in [-0.39, 0.29) is 5.76 Å². The van der Waals surface area contributed by atoms with Crippen LogP contribution in [0.5, 0.6) is 5.75 Å². The summed E-state index contributed by atoms with van der Waals surface area (Å²) in [5, 5.41) is 13.9. The molecule has 0 amide bonds. The number of ether oxygens (including phenoxy) is 2. The van der Waals surface area contributed by atoms with E-state index in [0.717, 1.165) is 10.4 Å². The summed E-state index contributed by atoms with van der Waals surface area (Å²) in [5.74, 6) is 1.56. The van der Waals surface area contributed by atoms with E-state index in [4.69, 9.17) is 13.9 Å². The highest BCUT2D eigenvalue weighted by atomic mass is 32.1. The van der Waals surface area contributed by atoms with Gasteiger partial charge in [-0.2, -0.15) is 0 Å². The predicted molar refractivity (Wildman–Crippen MR) is 102 cm³/mol. The molecule has 2 aromatic heterocycles. The zero-order valence-electron chi connectivity index (χ0n) is 14.8. The van der Waals surface area contributed by atoms with Crippen LogP contribution in [0.1, 0.15) is 24.6 Å². The van der Waals surface area contributed by atoms with Gasteiger partial charge in [-0.1, -0.05) is 0 Å². The standard InChI is InChI=1S/C20H17NO5S/c1-11-17(9-22)26-20(12(2)19(11)23)16-8-13-7-14(3-4-15(13)25-16)24-10-18-21-5-6-27-18/h3-9,17,23H,10H2,1-2H3. The van der Waals surface area contributed by atoms with Gasteiger partial charge in [-0.05, 0) is 38.1 Å². The van der Waals surface area contributed by atoms with Crippen LogP contribution in [0.15, 0.2) is 57.2 Å². The lowest BCUT2D eigenvalue weighted by Gasteiger charge is -2.24. The van der Waals surface area contributed by atoms with E-state index >= 15 is 0 Å². The molecule has 3 heterocycles. The van der Waals surface area contributed by atoms with Gasteiger partial charge in [-0.3, -0.25) is 4.79 Å². The number of benzene rings is 1. The van der Waals surface area contributed by atoms with Crippen molar-refractivity contribution in [3.8, 4) is 5.75 Å². The number of furan rings is 1. The second-order valence-electron chi connectivity index (χ2n) is 6.19. The molecule has 1 atom stereocenters.